The Kier molecular flexibility index (Phi) is 3.93. The summed E-state index contributed by atoms with van der Waals surface area (Å²) in [4.78, 5) is 10.3. The number of carboxylic acid groups (broad SMARTS) is 1. The largest absolute Gasteiger partial charge is 0.480 e. The minimum Gasteiger partial charge on any atom is -0.480 e. The molecule has 0 aromatic rings. The fraction of sp³-hybridized carbons (Fsp3) is 0.667. The van der Waals surface area contributed by atoms with E-state index in [-0.39, 0.29) is 12.4 Å². The van der Waals surface area contributed by atoms with Crippen LogP contribution in [-0.2, 0) is 4.79 Å². The Morgan fingerprint density at radius 3 is 2.83 bits per heavy atom. The number of nitrogens with one attached hydrogen (secondary N) is 2. The Morgan fingerprint density at radius 1 is 1.83 bits per heavy atom. The predicted octanol–water partition coefficient (Wildman–Crippen LogP) is -1.34. The number of carbonyl (C=O) groups is 1. The van der Waals surface area contributed by atoms with Gasteiger partial charge in [-0.3, -0.25) is 10.2 Å². The zero-order chi connectivity index (χ0) is 10.5. The van der Waals surface area contributed by atoms with Gasteiger partial charge in [0.2, 0.25) is 0 Å². The Morgan fingerprint density at radius 2 is 2.42 bits per heavy atom. The molecule has 12 heavy (non-hydrogen) atoms. The molecule has 0 amide bonds. The quantitative estimate of drug-likeness (QED) is 0.201. The van der Waals surface area contributed by atoms with E-state index in [2.05, 4.69) is 5.32 Å². The highest BCUT2D eigenvalue weighted by Gasteiger charge is 2.09. The fourth-order valence-corrected chi connectivity index (χ4v) is 0.609. The first-order chi connectivity index (χ1) is 5.86. The van der Waals surface area contributed by atoms with Crippen molar-refractivity contribution in [1.29, 1.82) is 5.41 Å². The van der Waals surface area contributed by atoms with Crippen molar-refractivity contribution in [2.75, 3.05) is 6.54 Å². The molecular weight excluding hydrogens is 160 g/mol. The highest BCUT2D eigenvalue weighted by atomic mass is 16.4. The van der Waals surface area contributed by atoms with Crippen molar-refractivity contribution in [3.05, 3.63) is 0 Å². The zero-order valence-electron chi connectivity index (χ0n) is 7.63. The summed E-state index contributed by atoms with van der Waals surface area (Å²) in [7, 11) is 0. The van der Waals surface area contributed by atoms with Gasteiger partial charge in [-0.1, -0.05) is 0 Å². The number of carboxylic acids is 1. The third-order valence-electron chi connectivity index (χ3n) is 1.21. The molecule has 0 unspecified atom stereocenters. The van der Waals surface area contributed by atoms with Gasteiger partial charge in [0, 0.05) is 6.54 Å². The molecule has 0 aliphatic rings. The summed E-state index contributed by atoms with van der Waals surface area (Å²) in [5, 5.41) is 17.7. The first-order valence-electron chi connectivity index (χ1n) is 3.96. The summed E-state index contributed by atoms with van der Waals surface area (Å²) in [6, 6.07) is -1.95. The molecule has 6 heteroatoms. The summed E-state index contributed by atoms with van der Waals surface area (Å²) in [5.41, 5.74) is 10.1. The molecule has 6 nitrogen and oxygen atoms in total. The summed E-state index contributed by atoms with van der Waals surface area (Å²) in [5.74, 6) is -1.53. The van der Waals surface area contributed by atoms with Crippen molar-refractivity contribution in [3.63, 3.8) is 0 Å². The minimum absolute atomic E-state index is 0.0165. The topological polar surface area (TPSA) is 125 Å². The van der Waals surface area contributed by atoms with Gasteiger partial charge in [-0.25, -0.2) is 0 Å². The number of rotatable bonds is 5. The second-order valence-electron chi connectivity index (χ2n) is 2.27. The lowest BCUT2D eigenvalue weighted by Gasteiger charge is -2.06. The Bertz CT molecular complexity index is 207. The molecule has 0 aliphatic carbocycles. The lowest BCUT2D eigenvalue weighted by atomic mass is 10.2. The monoisotopic (exact) mass is 175 g/mol. The number of guanidine groups is 1. The Hall–Kier alpha value is -1.30. The molecule has 0 saturated carbocycles. The second-order valence-corrected chi connectivity index (χ2v) is 2.27. The lowest BCUT2D eigenvalue weighted by molar-refractivity contribution is -0.138. The molecular formula is C6H14N4O2. The van der Waals surface area contributed by atoms with Crippen LogP contribution in [0.4, 0.5) is 0 Å². The van der Waals surface area contributed by atoms with Gasteiger partial charge in [0.25, 0.3) is 0 Å². The van der Waals surface area contributed by atoms with E-state index in [1.807, 2.05) is 0 Å². The molecule has 0 saturated heterocycles. The van der Waals surface area contributed by atoms with E-state index in [1.165, 1.54) is 0 Å². The molecule has 7 N–H and O–H groups in total. The van der Waals surface area contributed by atoms with E-state index in [4.69, 9.17) is 23.4 Å². The molecule has 0 rings (SSSR count). The van der Waals surface area contributed by atoms with Crippen molar-refractivity contribution < 1.29 is 11.3 Å². The van der Waals surface area contributed by atoms with Crippen molar-refractivity contribution >= 4 is 11.9 Å². The maximum absolute atomic E-state index is 10.3. The van der Waals surface area contributed by atoms with Gasteiger partial charge in [-0.2, -0.15) is 0 Å². The van der Waals surface area contributed by atoms with Crippen LogP contribution >= 0.6 is 0 Å². The Labute approximate surface area is 71.8 Å². The highest BCUT2D eigenvalue weighted by Crippen LogP contribution is 1.92. The van der Waals surface area contributed by atoms with Crippen LogP contribution in [0, 0.1) is 5.41 Å². The van der Waals surface area contributed by atoms with Crippen LogP contribution in [0.3, 0.4) is 0 Å². The predicted molar refractivity (Wildman–Crippen MR) is 44.8 cm³/mol. The molecule has 0 aromatic carbocycles. The number of aliphatic carboxylic acids is 1. The fourth-order valence-electron chi connectivity index (χ4n) is 0.609. The molecule has 0 radical (unpaired) electrons. The van der Waals surface area contributed by atoms with E-state index < -0.39 is 12.0 Å². The van der Waals surface area contributed by atoms with Crippen LogP contribution in [0.1, 0.15) is 14.2 Å². The van der Waals surface area contributed by atoms with Crippen molar-refractivity contribution in [2.24, 2.45) is 11.5 Å². The van der Waals surface area contributed by atoms with E-state index in [1.54, 1.807) is 0 Å². The molecule has 0 bridgehead atoms. The van der Waals surface area contributed by atoms with Gasteiger partial charge < -0.3 is 21.9 Å². The molecule has 0 aromatic heterocycles. The summed E-state index contributed by atoms with van der Waals surface area (Å²) in [6.45, 7) is 0.348. The average molecular weight is 175 g/mol. The van der Waals surface area contributed by atoms with Crippen LogP contribution in [0.5, 0.6) is 0 Å². The third kappa shape index (κ3) is 5.48. The molecule has 70 valence electrons. The molecule has 0 heterocycles. The second kappa shape index (κ2) is 5.36. The van der Waals surface area contributed by atoms with Crippen LogP contribution in [0.15, 0.2) is 0 Å². The van der Waals surface area contributed by atoms with Crippen LogP contribution < -0.4 is 16.8 Å². The Balaban J connectivity index is 3.64. The first kappa shape index (κ1) is 8.79. The van der Waals surface area contributed by atoms with E-state index >= 15 is 0 Å². The standard InChI is InChI=1S/C6H14N4O2/c7-4(5(11)12)2-1-3-10-6(8)9/h4H,1-3,7H2,(H,11,12)(H4,8,9,10)/t4-/m0/s1/i4D. The van der Waals surface area contributed by atoms with Crippen molar-refractivity contribution in [1.82, 2.24) is 5.32 Å². The molecule has 1 atom stereocenters. The maximum Gasteiger partial charge on any atom is 0.320 e. The number of nitrogens with two attached hydrogens (primary N) is 2. The van der Waals surface area contributed by atoms with Gasteiger partial charge in [0.05, 0.1) is 1.37 Å². The van der Waals surface area contributed by atoms with Crippen LogP contribution in [0.2, 0.25) is 0 Å². The summed E-state index contributed by atoms with van der Waals surface area (Å²) >= 11 is 0. The third-order valence-corrected chi connectivity index (χ3v) is 1.21. The SMILES string of the molecule is [2H][C@](N)(CCCNC(=N)N)C(=O)O. The minimum atomic E-state index is -1.95. The molecule has 0 aliphatic heterocycles. The summed E-state index contributed by atoms with van der Waals surface area (Å²) < 4.78 is 7.13. The first-order valence-corrected chi connectivity index (χ1v) is 3.46. The van der Waals surface area contributed by atoms with Crippen LogP contribution in [0.25, 0.3) is 0 Å². The van der Waals surface area contributed by atoms with Crippen LogP contribution in [-0.4, -0.2) is 29.6 Å². The smallest absolute Gasteiger partial charge is 0.320 e. The lowest BCUT2D eigenvalue weighted by Crippen LogP contribution is -2.34. The zero-order valence-corrected chi connectivity index (χ0v) is 6.63. The number of hydrogen-bond donors (Lipinski definition) is 5. The van der Waals surface area contributed by atoms with Gasteiger partial charge in [-0.05, 0) is 12.8 Å². The van der Waals surface area contributed by atoms with Gasteiger partial charge in [-0.15, -0.1) is 0 Å². The van der Waals surface area contributed by atoms with E-state index in [0.717, 1.165) is 0 Å². The van der Waals surface area contributed by atoms with Gasteiger partial charge in [0.1, 0.15) is 6.02 Å². The normalized spacial score (nSPS) is 15.9. The van der Waals surface area contributed by atoms with Gasteiger partial charge >= 0.3 is 5.97 Å². The summed E-state index contributed by atoms with van der Waals surface area (Å²) in [6.07, 6.45) is 0.397. The maximum atomic E-state index is 10.3. The van der Waals surface area contributed by atoms with E-state index in [9.17, 15) is 4.79 Å². The van der Waals surface area contributed by atoms with E-state index in [0.29, 0.717) is 13.0 Å². The molecule has 0 fully saturated rings. The van der Waals surface area contributed by atoms with Crippen molar-refractivity contribution in [2.45, 2.75) is 18.9 Å². The van der Waals surface area contributed by atoms with Gasteiger partial charge in [0.15, 0.2) is 5.96 Å². The average Bonchev–Trinajstić information content (AvgIpc) is 1.97. The van der Waals surface area contributed by atoms with Crippen molar-refractivity contribution in [3.8, 4) is 0 Å². The molecule has 0 spiro atoms. The highest BCUT2D eigenvalue weighted by molar-refractivity contribution is 5.74. The number of hydrogen-bond acceptors (Lipinski definition) is 3.